The number of nitrogen functional groups attached to an aromatic ring is 1. The molecule has 3 N–H and O–H groups in total. The van der Waals surface area contributed by atoms with Gasteiger partial charge in [-0.15, -0.1) is 9.05 Å². The van der Waals surface area contributed by atoms with Crippen LogP contribution in [0.1, 0.15) is 18.2 Å². The summed E-state index contributed by atoms with van der Waals surface area (Å²) >= 11 is 0. The number of aromatic nitrogens is 2. The van der Waals surface area contributed by atoms with E-state index >= 15 is 0 Å². The van der Waals surface area contributed by atoms with Crippen molar-refractivity contribution in [1.29, 1.82) is 0 Å². The van der Waals surface area contributed by atoms with Gasteiger partial charge in [0.1, 0.15) is 19.0 Å². The van der Waals surface area contributed by atoms with Gasteiger partial charge in [0, 0.05) is 18.2 Å². The molecule has 0 amide bonds. The van der Waals surface area contributed by atoms with Crippen molar-refractivity contribution in [3.8, 4) is 5.75 Å². The summed E-state index contributed by atoms with van der Waals surface area (Å²) in [6.45, 7) is -0.340. The molecule has 0 radical (unpaired) electrons. The largest absolute Gasteiger partial charge is 0.619 e. The van der Waals surface area contributed by atoms with E-state index in [0.717, 1.165) is 11.8 Å². The molecule has 0 saturated carbocycles. The van der Waals surface area contributed by atoms with Gasteiger partial charge in [0.2, 0.25) is 6.23 Å². The summed E-state index contributed by atoms with van der Waals surface area (Å²) in [6, 6.07) is 8.14. The fraction of sp³-hybridized carbons (Fsp3) is 0.375. The van der Waals surface area contributed by atoms with Crippen molar-refractivity contribution in [2.24, 2.45) is 0 Å². The first kappa shape index (κ1) is 19.2. The summed E-state index contributed by atoms with van der Waals surface area (Å²) in [5, 5.41) is 0. The molecule has 2 aliphatic heterocycles. The Hall–Kier alpha value is -2.17. The molecule has 1 aromatic heterocycles. The zero-order valence-corrected chi connectivity index (χ0v) is 15.3. The topological polar surface area (TPSA) is 118 Å². The third-order valence-corrected chi connectivity index (χ3v) is 5.64. The third kappa shape index (κ3) is 3.71. The van der Waals surface area contributed by atoms with E-state index in [1.54, 1.807) is 24.3 Å². The number of para-hydroxylation sites is 1. The van der Waals surface area contributed by atoms with Gasteiger partial charge in [0.05, 0.1) is 6.10 Å². The molecule has 2 aliphatic rings. The maximum atomic E-state index is 14.4. The molecule has 28 heavy (non-hydrogen) atoms. The van der Waals surface area contributed by atoms with E-state index in [4.69, 9.17) is 24.0 Å². The molecule has 0 spiro atoms. The van der Waals surface area contributed by atoms with Crippen LogP contribution in [0.15, 0.2) is 41.3 Å². The molecular formula is C16H17F2N3O6P+. The molecule has 3 atom stereocenters. The lowest BCUT2D eigenvalue weighted by atomic mass is 10.2. The van der Waals surface area contributed by atoms with Crippen LogP contribution in [0.2, 0.25) is 0 Å². The number of fused-ring (bicyclic) bond motifs is 1. The maximum Gasteiger partial charge on any atom is 0.619 e. The zero-order valence-electron chi connectivity index (χ0n) is 14.4. The molecule has 1 aromatic carbocycles. The molecule has 1 unspecified atom stereocenters. The van der Waals surface area contributed by atoms with Crippen LogP contribution in [0.3, 0.4) is 0 Å². The minimum absolute atomic E-state index is 0.0667. The molecule has 2 aromatic rings. The van der Waals surface area contributed by atoms with Gasteiger partial charge in [-0.3, -0.25) is 9.09 Å². The number of halogens is 2. The Morgan fingerprint density at radius 3 is 2.96 bits per heavy atom. The van der Waals surface area contributed by atoms with Crippen molar-refractivity contribution in [3.05, 3.63) is 52.6 Å². The highest BCUT2D eigenvalue weighted by molar-refractivity contribution is 7.55. The minimum Gasteiger partial charge on any atom is -0.383 e. The van der Waals surface area contributed by atoms with Crippen LogP contribution >= 0.6 is 8.17 Å². The van der Waals surface area contributed by atoms with Gasteiger partial charge in [-0.1, -0.05) is 18.2 Å². The van der Waals surface area contributed by atoms with Crippen molar-refractivity contribution < 1.29 is 32.0 Å². The Labute approximate surface area is 158 Å². The lowest BCUT2D eigenvalue weighted by Gasteiger charge is -2.22. The summed E-state index contributed by atoms with van der Waals surface area (Å²) in [4.78, 5) is 25.7. The highest BCUT2D eigenvalue weighted by atomic mass is 31.2. The van der Waals surface area contributed by atoms with E-state index in [9.17, 15) is 18.5 Å². The Morgan fingerprint density at radius 1 is 1.39 bits per heavy atom. The lowest BCUT2D eigenvalue weighted by Crippen LogP contribution is -2.35. The lowest BCUT2D eigenvalue weighted by molar-refractivity contribution is -0.120. The number of anilines is 1. The van der Waals surface area contributed by atoms with Crippen LogP contribution in [-0.4, -0.2) is 33.1 Å². The molecule has 0 aliphatic carbocycles. The number of nitrogens with zero attached hydrogens (tertiary/aromatic N) is 2. The first-order valence-electron chi connectivity index (χ1n) is 8.32. The van der Waals surface area contributed by atoms with Crippen LogP contribution in [-0.2, 0) is 20.4 Å². The average Bonchev–Trinajstić information content (AvgIpc) is 2.94. The van der Waals surface area contributed by atoms with Crippen molar-refractivity contribution in [2.75, 3.05) is 12.3 Å². The van der Waals surface area contributed by atoms with Crippen LogP contribution in [0.25, 0.3) is 0 Å². The van der Waals surface area contributed by atoms with Crippen molar-refractivity contribution in [3.63, 3.8) is 0 Å². The molecule has 3 heterocycles. The van der Waals surface area contributed by atoms with Crippen molar-refractivity contribution in [2.45, 2.75) is 31.3 Å². The van der Waals surface area contributed by atoms with Crippen molar-refractivity contribution in [1.82, 2.24) is 9.55 Å². The highest BCUT2D eigenvalue weighted by Crippen LogP contribution is 2.61. The summed E-state index contributed by atoms with van der Waals surface area (Å²) in [5.74, 6) is -3.03. The van der Waals surface area contributed by atoms with E-state index in [2.05, 4.69) is 4.98 Å². The van der Waals surface area contributed by atoms with E-state index in [1.165, 1.54) is 6.07 Å². The summed E-state index contributed by atoms with van der Waals surface area (Å²) in [5.41, 5.74) is 5.16. The predicted molar refractivity (Wildman–Crippen MR) is 93.3 cm³/mol. The number of nitrogens with two attached hydrogens (primary N) is 1. The summed E-state index contributed by atoms with van der Waals surface area (Å²) < 4.78 is 50.6. The van der Waals surface area contributed by atoms with E-state index in [0.29, 0.717) is 10.3 Å². The molecule has 12 heteroatoms. The molecule has 1 saturated heterocycles. The Bertz CT molecular complexity index is 945. The van der Waals surface area contributed by atoms with Crippen LogP contribution in [0.5, 0.6) is 5.75 Å². The second kappa shape index (κ2) is 7.02. The molecule has 150 valence electrons. The second-order valence-corrected chi connectivity index (χ2v) is 7.99. The number of hydrogen-bond acceptors (Lipinski definition) is 8. The Balaban J connectivity index is 1.43. The Kier molecular flexibility index (Phi) is 4.80. The van der Waals surface area contributed by atoms with E-state index in [1.807, 2.05) is 0 Å². The van der Waals surface area contributed by atoms with Crippen LogP contribution in [0.4, 0.5) is 14.6 Å². The average molecular weight is 416 g/mol. The monoisotopic (exact) mass is 416 g/mol. The smallest absolute Gasteiger partial charge is 0.383 e. The van der Waals surface area contributed by atoms with Crippen molar-refractivity contribution >= 4 is 14.0 Å². The fourth-order valence-electron chi connectivity index (χ4n) is 2.96. The first-order chi connectivity index (χ1) is 13.3. The third-order valence-electron chi connectivity index (χ3n) is 4.28. The second-order valence-electron chi connectivity index (χ2n) is 6.35. The van der Waals surface area contributed by atoms with Gasteiger partial charge in [-0.25, -0.2) is 13.6 Å². The Morgan fingerprint density at radius 2 is 2.18 bits per heavy atom. The molecule has 0 bridgehead atoms. The molecule has 9 nitrogen and oxygen atoms in total. The summed E-state index contributed by atoms with van der Waals surface area (Å²) in [7, 11) is -3.72. The van der Waals surface area contributed by atoms with Gasteiger partial charge < -0.3 is 10.5 Å². The summed E-state index contributed by atoms with van der Waals surface area (Å²) in [6.07, 6.45) is -2.58. The standard InChI is InChI=1S/C16H16F2N3O6P/c17-16(18)7-11(26-14(16)21-6-5-13(19)20-15(21)22)9-25-28(23)24-8-10-3-1-2-4-12(10)27-28/h1-6,11,14,23H,7-9H2,(H-,19,20,22)/p+1/t11-,14-,28?/m1/s1. The highest BCUT2D eigenvalue weighted by Gasteiger charge is 2.55. The van der Waals surface area contributed by atoms with E-state index in [-0.39, 0.29) is 12.4 Å². The number of benzene rings is 1. The normalized spacial score (nSPS) is 28.5. The molecule has 4 rings (SSSR count). The van der Waals surface area contributed by atoms with Gasteiger partial charge in [-0.2, -0.15) is 9.88 Å². The quantitative estimate of drug-likeness (QED) is 0.728. The van der Waals surface area contributed by atoms with E-state index < -0.39 is 45.1 Å². The molecular weight excluding hydrogens is 399 g/mol. The number of rotatable bonds is 4. The van der Waals surface area contributed by atoms with Crippen LogP contribution < -0.4 is 15.9 Å². The SMILES string of the molecule is Nc1ccn([C@@H]2O[C@@H](CO[P+]3(O)OCc4ccccc4O3)CC2(F)F)c(=O)n1. The maximum absolute atomic E-state index is 14.4. The predicted octanol–water partition coefficient (Wildman–Crippen LogP) is 2.04. The van der Waals surface area contributed by atoms with Gasteiger partial charge in [0.25, 0.3) is 5.92 Å². The number of hydrogen-bond donors (Lipinski definition) is 2. The minimum atomic E-state index is -3.72. The van der Waals surface area contributed by atoms with Crippen LogP contribution in [0, 0.1) is 0 Å². The van der Waals surface area contributed by atoms with Gasteiger partial charge in [-0.05, 0) is 12.1 Å². The first-order valence-corrected chi connectivity index (χ1v) is 9.82. The number of ether oxygens (including phenoxy) is 1. The van der Waals surface area contributed by atoms with Gasteiger partial charge in [0.15, 0.2) is 5.75 Å². The van der Waals surface area contributed by atoms with Gasteiger partial charge >= 0.3 is 13.9 Å². The fourth-order valence-corrected chi connectivity index (χ4v) is 4.22. The molecule has 1 fully saturated rings. The number of alkyl halides is 2. The zero-order chi connectivity index (χ0) is 19.9.